The summed E-state index contributed by atoms with van der Waals surface area (Å²) in [4.78, 5) is 0. The predicted molar refractivity (Wildman–Crippen MR) is 34.3 cm³/mol. The summed E-state index contributed by atoms with van der Waals surface area (Å²) in [6.07, 6.45) is 10.3. The molecular formula is C8H11. The molecule has 0 spiro atoms. The molecule has 1 atom stereocenters. The Morgan fingerprint density at radius 3 is 2.75 bits per heavy atom. The molecule has 1 saturated carbocycles. The van der Waals surface area contributed by atoms with Crippen molar-refractivity contribution in [2.75, 3.05) is 0 Å². The summed E-state index contributed by atoms with van der Waals surface area (Å²) < 4.78 is 0. The van der Waals surface area contributed by atoms with Gasteiger partial charge in [0.05, 0.1) is 0 Å². The molecule has 0 heteroatoms. The number of hydrogen-bond acceptors (Lipinski definition) is 0. The van der Waals surface area contributed by atoms with Gasteiger partial charge in [0, 0.05) is 5.92 Å². The molecule has 0 aromatic rings. The highest BCUT2D eigenvalue weighted by molar-refractivity contribution is 5.22. The van der Waals surface area contributed by atoms with Gasteiger partial charge in [0.25, 0.3) is 0 Å². The number of fused-ring (bicyclic) bond motifs is 1. The van der Waals surface area contributed by atoms with Gasteiger partial charge in [0.2, 0.25) is 0 Å². The maximum Gasteiger partial charge on any atom is 0.000376 e. The highest BCUT2D eigenvalue weighted by atomic mass is 14.3. The Labute approximate surface area is 50.6 Å². The first-order valence-corrected chi connectivity index (χ1v) is 3.49. The first kappa shape index (κ1) is 4.60. The molecule has 2 aliphatic carbocycles. The maximum atomic E-state index is 2.33. The Kier molecular flexibility index (Phi) is 0.927. The third kappa shape index (κ3) is 0.521. The van der Waals surface area contributed by atoms with E-state index in [9.17, 15) is 0 Å². The molecule has 0 bridgehead atoms. The summed E-state index contributed by atoms with van der Waals surface area (Å²) >= 11 is 0. The van der Waals surface area contributed by atoms with Crippen LogP contribution in [0.2, 0.25) is 0 Å². The zero-order chi connectivity index (χ0) is 5.40. The maximum absolute atomic E-state index is 2.33. The van der Waals surface area contributed by atoms with Crippen LogP contribution in [-0.4, -0.2) is 0 Å². The van der Waals surface area contributed by atoms with Crippen LogP contribution in [-0.2, 0) is 0 Å². The molecular weight excluding hydrogens is 96.1 g/mol. The van der Waals surface area contributed by atoms with Crippen molar-refractivity contribution in [2.24, 2.45) is 5.92 Å². The van der Waals surface area contributed by atoms with Crippen molar-refractivity contribution in [3.8, 4) is 0 Å². The van der Waals surface area contributed by atoms with Crippen molar-refractivity contribution in [1.29, 1.82) is 0 Å². The van der Waals surface area contributed by atoms with Crippen LogP contribution in [0.5, 0.6) is 0 Å². The second kappa shape index (κ2) is 1.61. The van der Waals surface area contributed by atoms with Gasteiger partial charge in [-0.3, -0.25) is 0 Å². The van der Waals surface area contributed by atoms with E-state index in [2.05, 4.69) is 12.2 Å². The van der Waals surface area contributed by atoms with Gasteiger partial charge in [-0.1, -0.05) is 12.2 Å². The van der Waals surface area contributed by atoms with E-state index in [1.165, 1.54) is 25.7 Å². The van der Waals surface area contributed by atoms with E-state index >= 15 is 0 Å². The first-order valence-electron chi connectivity index (χ1n) is 3.49. The van der Waals surface area contributed by atoms with Gasteiger partial charge < -0.3 is 0 Å². The molecule has 0 amide bonds. The minimum Gasteiger partial charge on any atom is -0.0879 e. The Hall–Kier alpha value is -0.260. The molecule has 1 unspecified atom stereocenters. The normalized spacial score (nSPS) is 36.2. The standard InChI is InChI=1S/C8H11/c1-2-4-8-6-5-7(8)3-1/h1,3,8H,2,4-6H2. The summed E-state index contributed by atoms with van der Waals surface area (Å²) in [6.45, 7) is 0. The minimum absolute atomic E-state index is 1.01. The van der Waals surface area contributed by atoms with E-state index in [1.54, 1.807) is 5.92 Å². The molecule has 0 heterocycles. The second-order valence-corrected chi connectivity index (χ2v) is 2.79. The molecule has 0 nitrogen and oxygen atoms in total. The molecule has 2 rings (SSSR count). The Morgan fingerprint density at radius 1 is 1.38 bits per heavy atom. The lowest BCUT2D eigenvalue weighted by Crippen LogP contribution is -2.23. The van der Waals surface area contributed by atoms with Crippen LogP contribution in [0, 0.1) is 11.8 Å². The van der Waals surface area contributed by atoms with E-state index in [1.807, 2.05) is 0 Å². The number of allylic oxidation sites excluding steroid dienone is 2. The lowest BCUT2D eigenvalue weighted by Gasteiger charge is -2.36. The summed E-state index contributed by atoms with van der Waals surface area (Å²) in [7, 11) is 0. The monoisotopic (exact) mass is 107 g/mol. The van der Waals surface area contributed by atoms with E-state index < -0.39 is 0 Å². The molecule has 8 heavy (non-hydrogen) atoms. The van der Waals surface area contributed by atoms with E-state index in [0.29, 0.717) is 0 Å². The van der Waals surface area contributed by atoms with Crippen molar-refractivity contribution < 1.29 is 0 Å². The van der Waals surface area contributed by atoms with Gasteiger partial charge in [-0.05, 0) is 31.6 Å². The van der Waals surface area contributed by atoms with Crippen molar-refractivity contribution in [2.45, 2.75) is 25.7 Å². The lowest BCUT2D eigenvalue weighted by molar-refractivity contribution is 0.353. The molecule has 0 aliphatic heterocycles. The average Bonchev–Trinajstić information content (AvgIpc) is 1.72. The zero-order valence-corrected chi connectivity index (χ0v) is 5.06. The molecule has 1 radical (unpaired) electrons. The number of hydrogen-bond donors (Lipinski definition) is 0. The van der Waals surface area contributed by atoms with Crippen LogP contribution in [0.4, 0.5) is 0 Å². The molecule has 1 fully saturated rings. The summed E-state index contributed by atoms with van der Waals surface area (Å²) in [6, 6.07) is 0. The third-order valence-corrected chi connectivity index (χ3v) is 2.32. The fourth-order valence-corrected chi connectivity index (χ4v) is 1.60. The van der Waals surface area contributed by atoms with Crippen LogP contribution >= 0.6 is 0 Å². The quantitative estimate of drug-likeness (QED) is 0.445. The lowest BCUT2D eigenvalue weighted by atomic mass is 9.69. The van der Waals surface area contributed by atoms with Gasteiger partial charge >= 0.3 is 0 Å². The topological polar surface area (TPSA) is 0 Å². The summed E-state index contributed by atoms with van der Waals surface area (Å²) in [5.41, 5.74) is 0. The molecule has 0 N–H and O–H groups in total. The highest BCUT2D eigenvalue weighted by Crippen LogP contribution is 2.42. The fraction of sp³-hybridized carbons (Fsp3) is 0.625. The fourth-order valence-electron chi connectivity index (χ4n) is 1.60. The van der Waals surface area contributed by atoms with E-state index in [0.717, 1.165) is 5.92 Å². The third-order valence-electron chi connectivity index (χ3n) is 2.32. The SMILES string of the molecule is C1=C[C]2CCC2CC1. The number of rotatable bonds is 0. The summed E-state index contributed by atoms with van der Waals surface area (Å²) in [5, 5.41) is 0. The molecule has 0 saturated heterocycles. The largest absolute Gasteiger partial charge is 0.0879 e. The van der Waals surface area contributed by atoms with E-state index in [4.69, 9.17) is 0 Å². The Bertz CT molecular complexity index is 113. The van der Waals surface area contributed by atoms with Crippen LogP contribution in [0.1, 0.15) is 25.7 Å². The predicted octanol–water partition coefficient (Wildman–Crippen LogP) is 2.32. The summed E-state index contributed by atoms with van der Waals surface area (Å²) in [5.74, 6) is 2.73. The van der Waals surface area contributed by atoms with Gasteiger partial charge in [-0.2, -0.15) is 0 Å². The van der Waals surface area contributed by atoms with Gasteiger partial charge in [0.15, 0.2) is 0 Å². The molecule has 0 aromatic heterocycles. The van der Waals surface area contributed by atoms with Crippen LogP contribution in [0.15, 0.2) is 12.2 Å². The zero-order valence-electron chi connectivity index (χ0n) is 5.06. The Morgan fingerprint density at radius 2 is 2.38 bits per heavy atom. The van der Waals surface area contributed by atoms with Crippen LogP contribution < -0.4 is 0 Å². The molecule has 0 aromatic carbocycles. The van der Waals surface area contributed by atoms with Gasteiger partial charge in [0.1, 0.15) is 0 Å². The first-order chi connectivity index (χ1) is 3.97. The van der Waals surface area contributed by atoms with Gasteiger partial charge in [-0.15, -0.1) is 0 Å². The van der Waals surface area contributed by atoms with E-state index in [-0.39, 0.29) is 0 Å². The van der Waals surface area contributed by atoms with Crippen LogP contribution in [0.3, 0.4) is 0 Å². The van der Waals surface area contributed by atoms with Crippen molar-refractivity contribution in [1.82, 2.24) is 0 Å². The Balaban J connectivity index is 2.08. The van der Waals surface area contributed by atoms with Crippen molar-refractivity contribution in [3.05, 3.63) is 18.1 Å². The minimum atomic E-state index is 1.01. The van der Waals surface area contributed by atoms with Crippen molar-refractivity contribution >= 4 is 0 Å². The highest BCUT2D eigenvalue weighted by Gasteiger charge is 2.29. The van der Waals surface area contributed by atoms with Gasteiger partial charge in [-0.25, -0.2) is 0 Å². The molecule has 2 aliphatic rings. The molecule has 43 valence electrons. The smallest absolute Gasteiger partial charge is 0.000376 e. The average molecular weight is 107 g/mol. The van der Waals surface area contributed by atoms with Crippen molar-refractivity contribution in [3.63, 3.8) is 0 Å². The second-order valence-electron chi connectivity index (χ2n) is 2.79. The van der Waals surface area contributed by atoms with Crippen LogP contribution in [0.25, 0.3) is 0 Å².